The molecule has 2 saturated carbocycles. The topological polar surface area (TPSA) is 105 Å². The van der Waals surface area contributed by atoms with Gasteiger partial charge in [0.05, 0.1) is 24.8 Å². The molecule has 0 aliphatic heterocycles. The highest BCUT2D eigenvalue weighted by Crippen LogP contribution is 2.39. The zero-order valence-electron chi connectivity index (χ0n) is 21.9. The Morgan fingerprint density at radius 1 is 1.03 bits per heavy atom. The van der Waals surface area contributed by atoms with Gasteiger partial charge in [0.25, 0.3) is 5.91 Å². The summed E-state index contributed by atoms with van der Waals surface area (Å²) in [7, 11) is 1.65. The lowest BCUT2D eigenvalue weighted by Crippen LogP contribution is -2.43. The van der Waals surface area contributed by atoms with Crippen LogP contribution in [-0.4, -0.2) is 47.6 Å². The number of benzene rings is 1. The predicted octanol–water partition coefficient (Wildman–Crippen LogP) is 4.90. The molecule has 2 aliphatic carbocycles. The van der Waals surface area contributed by atoms with Crippen LogP contribution in [0.3, 0.4) is 0 Å². The van der Waals surface area contributed by atoms with Crippen molar-refractivity contribution in [1.82, 2.24) is 20.6 Å². The van der Waals surface area contributed by atoms with Gasteiger partial charge in [-0.25, -0.2) is 0 Å². The van der Waals surface area contributed by atoms with Gasteiger partial charge >= 0.3 is 0 Å². The van der Waals surface area contributed by atoms with Gasteiger partial charge in [0, 0.05) is 41.5 Å². The van der Waals surface area contributed by atoms with Crippen LogP contribution in [0.15, 0.2) is 30.5 Å². The Labute approximate surface area is 217 Å². The van der Waals surface area contributed by atoms with Crippen molar-refractivity contribution in [2.45, 2.75) is 70.9 Å². The molecule has 2 aromatic heterocycles. The average molecular weight is 505 g/mol. The van der Waals surface area contributed by atoms with Crippen LogP contribution in [0.4, 0.5) is 0 Å². The number of amides is 2. The number of rotatable bonds is 9. The number of ether oxygens (including phenoxy) is 2. The van der Waals surface area contributed by atoms with E-state index in [2.05, 4.69) is 20.6 Å². The Morgan fingerprint density at radius 3 is 2.43 bits per heavy atom. The van der Waals surface area contributed by atoms with Gasteiger partial charge in [0.1, 0.15) is 17.0 Å². The number of pyridine rings is 1. The van der Waals surface area contributed by atoms with Gasteiger partial charge < -0.3 is 25.1 Å². The van der Waals surface area contributed by atoms with E-state index < -0.39 is 0 Å². The Hall–Kier alpha value is -3.55. The molecule has 2 fully saturated rings. The van der Waals surface area contributed by atoms with E-state index in [1.54, 1.807) is 13.3 Å². The van der Waals surface area contributed by atoms with E-state index in [9.17, 15) is 9.59 Å². The Morgan fingerprint density at radius 2 is 1.76 bits per heavy atom. The highest BCUT2D eigenvalue weighted by Gasteiger charge is 2.27. The van der Waals surface area contributed by atoms with Gasteiger partial charge in [-0.2, -0.15) is 0 Å². The number of carbonyl (C=O) groups excluding carboxylic acids is 2. The molecule has 2 heterocycles. The zero-order chi connectivity index (χ0) is 25.9. The minimum atomic E-state index is -0.120. The molecule has 8 heteroatoms. The van der Waals surface area contributed by atoms with Crippen molar-refractivity contribution in [1.29, 1.82) is 0 Å². The molecule has 8 nitrogen and oxygen atoms in total. The van der Waals surface area contributed by atoms with Crippen LogP contribution in [0, 0.1) is 12.8 Å². The number of hydrogen-bond donors (Lipinski definition) is 3. The maximum Gasteiger partial charge on any atom is 0.255 e. The van der Waals surface area contributed by atoms with Crippen LogP contribution in [0.2, 0.25) is 0 Å². The molecular weight excluding hydrogens is 468 g/mol. The molecular formula is C29H36N4O4. The summed E-state index contributed by atoms with van der Waals surface area (Å²) < 4.78 is 11.7. The quantitative estimate of drug-likeness (QED) is 0.384. The largest absolute Gasteiger partial charge is 0.497 e. The highest BCUT2D eigenvalue weighted by atomic mass is 16.5. The van der Waals surface area contributed by atoms with Crippen LogP contribution < -0.4 is 20.1 Å². The van der Waals surface area contributed by atoms with Crippen molar-refractivity contribution in [3.8, 4) is 22.6 Å². The van der Waals surface area contributed by atoms with Gasteiger partial charge in [-0.1, -0.05) is 6.92 Å². The molecule has 3 aromatic rings. The van der Waals surface area contributed by atoms with Gasteiger partial charge in [0.2, 0.25) is 5.91 Å². The summed E-state index contributed by atoms with van der Waals surface area (Å²) in [4.78, 5) is 33.2. The Kier molecular flexibility index (Phi) is 7.35. The lowest BCUT2D eigenvalue weighted by molar-refractivity contribution is -0.121. The first-order chi connectivity index (χ1) is 18.0. The van der Waals surface area contributed by atoms with Crippen LogP contribution in [0.25, 0.3) is 22.2 Å². The monoisotopic (exact) mass is 504 g/mol. The average Bonchev–Trinajstić information content (AvgIpc) is 3.67. The lowest BCUT2D eigenvalue weighted by atomic mass is 9.91. The summed E-state index contributed by atoms with van der Waals surface area (Å²) in [5.74, 6) is 2.13. The van der Waals surface area contributed by atoms with Crippen molar-refractivity contribution in [2.24, 2.45) is 5.92 Å². The number of H-pyrrole nitrogens is 1. The molecule has 37 heavy (non-hydrogen) atoms. The molecule has 0 unspecified atom stereocenters. The van der Waals surface area contributed by atoms with Crippen molar-refractivity contribution in [2.75, 3.05) is 13.7 Å². The molecule has 0 radical (unpaired) electrons. The molecule has 2 aliphatic rings. The fraction of sp³-hybridized carbons (Fsp3) is 0.483. The Balaban J connectivity index is 1.38. The SMILES string of the molecule is CCC(=O)N[C@H]1CC[C@H](NC(=O)c2c(C)[nH]c3c(-c4cc(OC)ccc4OCC4CC4)ccnc23)CC1. The van der Waals surface area contributed by atoms with Crippen molar-refractivity contribution in [3.63, 3.8) is 0 Å². The van der Waals surface area contributed by atoms with Gasteiger partial charge in [-0.05, 0) is 75.6 Å². The smallest absolute Gasteiger partial charge is 0.255 e. The van der Waals surface area contributed by atoms with Crippen LogP contribution in [0.1, 0.15) is 67.9 Å². The van der Waals surface area contributed by atoms with Crippen LogP contribution in [-0.2, 0) is 4.79 Å². The van der Waals surface area contributed by atoms with Crippen molar-refractivity contribution >= 4 is 22.8 Å². The number of nitrogens with zero attached hydrogens (tertiary/aromatic N) is 1. The fourth-order valence-corrected chi connectivity index (χ4v) is 5.14. The normalized spacial score (nSPS) is 19.4. The number of aromatic amines is 1. The number of aryl methyl sites for hydroxylation is 1. The first kappa shape index (κ1) is 25.1. The second kappa shape index (κ2) is 10.8. The summed E-state index contributed by atoms with van der Waals surface area (Å²) >= 11 is 0. The first-order valence-electron chi connectivity index (χ1n) is 13.4. The standard InChI is InChI=1S/C29H36N4O4/c1-4-25(34)32-19-7-9-20(10-8-19)33-29(35)26-17(2)31-27-22(13-14-30-28(26)27)23-15-21(36-3)11-12-24(23)37-16-18-5-6-18/h11-15,18-20,31H,4-10,16H2,1-3H3,(H,32,34)(H,33,35)/t19-,20-. The first-order valence-corrected chi connectivity index (χ1v) is 13.4. The van der Waals surface area contributed by atoms with E-state index in [1.807, 2.05) is 38.1 Å². The van der Waals surface area contributed by atoms with Gasteiger partial charge in [0.15, 0.2) is 0 Å². The number of aromatic nitrogens is 2. The highest BCUT2D eigenvalue weighted by molar-refractivity contribution is 6.09. The summed E-state index contributed by atoms with van der Waals surface area (Å²) in [6, 6.07) is 8.05. The predicted molar refractivity (Wildman–Crippen MR) is 143 cm³/mol. The second-order valence-electron chi connectivity index (χ2n) is 10.3. The zero-order valence-corrected chi connectivity index (χ0v) is 21.9. The number of carbonyl (C=O) groups is 2. The molecule has 0 atom stereocenters. The minimum Gasteiger partial charge on any atom is -0.497 e. The van der Waals surface area contributed by atoms with E-state index in [0.717, 1.165) is 59.5 Å². The van der Waals surface area contributed by atoms with Crippen LogP contribution >= 0.6 is 0 Å². The van der Waals surface area contributed by atoms with Crippen molar-refractivity contribution in [3.05, 3.63) is 41.7 Å². The number of nitrogens with one attached hydrogen (secondary N) is 3. The molecule has 0 bridgehead atoms. The second-order valence-corrected chi connectivity index (χ2v) is 10.3. The van der Waals surface area contributed by atoms with E-state index in [0.29, 0.717) is 30.0 Å². The molecule has 2 amide bonds. The molecule has 0 spiro atoms. The summed E-state index contributed by atoms with van der Waals surface area (Å²) in [6.07, 6.45) is 8.08. The summed E-state index contributed by atoms with van der Waals surface area (Å²) in [6.45, 7) is 4.48. The third-order valence-corrected chi connectivity index (χ3v) is 7.50. The summed E-state index contributed by atoms with van der Waals surface area (Å²) in [5, 5.41) is 6.28. The maximum atomic E-state index is 13.4. The molecule has 196 valence electrons. The van der Waals surface area contributed by atoms with E-state index in [-0.39, 0.29) is 23.9 Å². The number of fused-ring (bicyclic) bond motifs is 1. The molecule has 1 aromatic carbocycles. The van der Waals surface area contributed by atoms with E-state index >= 15 is 0 Å². The molecule has 3 N–H and O–H groups in total. The Bertz CT molecular complexity index is 1290. The maximum absolute atomic E-state index is 13.4. The fourth-order valence-electron chi connectivity index (χ4n) is 5.14. The third-order valence-electron chi connectivity index (χ3n) is 7.50. The minimum absolute atomic E-state index is 0.0793. The summed E-state index contributed by atoms with van der Waals surface area (Å²) in [5.41, 5.74) is 4.63. The van der Waals surface area contributed by atoms with Crippen molar-refractivity contribution < 1.29 is 19.1 Å². The van der Waals surface area contributed by atoms with Gasteiger partial charge in [-0.15, -0.1) is 0 Å². The molecule has 0 saturated heterocycles. The van der Waals surface area contributed by atoms with Crippen LogP contribution in [0.5, 0.6) is 11.5 Å². The molecule has 5 rings (SSSR count). The lowest BCUT2D eigenvalue weighted by Gasteiger charge is -2.29. The van der Waals surface area contributed by atoms with E-state index in [1.165, 1.54) is 12.8 Å². The number of hydrogen-bond acceptors (Lipinski definition) is 5. The third kappa shape index (κ3) is 5.58. The van der Waals surface area contributed by atoms with E-state index in [4.69, 9.17) is 9.47 Å². The number of methoxy groups -OCH3 is 1. The van der Waals surface area contributed by atoms with Gasteiger partial charge in [-0.3, -0.25) is 14.6 Å².